The van der Waals surface area contributed by atoms with Crippen LogP contribution in [0.3, 0.4) is 0 Å². The number of likely N-dealkylation sites (tertiary alicyclic amines) is 1. The lowest BCUT2D eigenvalue weighted by molar-refractivity contribution is -0.129. The fourth-order valence-corrected chi connectivity index (χ4v) is 3.53. The highest BCUT2D eigenvalue weighted by atomic mass is 35.5. The molecule has 7 nitrogen and oxygen atoms in total. The number of aromatic nitrogens is 2. The standard InChI is InChI=1S/C18H28BClN4O3/c1-17(2)18(3,4)27-19(26-17)13-11-21-16(22-12-13)23(5)14-6-8-24(9-7-14)15(25)10-20/h11-12,14H,6-10H2,1-5H3. The van der Waals surface area contributed by atoms with Gasteiger partial charge in [0.05, 0.1) is 11.2 Å². The Labute approximate surface area is 166 Å². The molecule has 0 N–H and O–H groups in total. The molecule has 0 saturated carbocycles. The molecular formula is C18H28BClN4O3. The van der Waals surface area contributed by atoms with Gasteiger partial charge in [-0.1, -0.05) is 0 Å². The summed E-state index contributed by atoms with van der Waals surface area (Å²) in [6, 6.07) is 0.298. The Morgan fingerprint density at radius 3 is 2.22 bits per heavy atom. The smallest absolute Gasteiger partial charge is 0.399 e. The van der Waals surface area contributed by atoms with E-state index in [2.05, 4.69) is 14.9 Å². The maximum absolute atomic E-state index is 11.7. The van der Waals surface area contributed by atoms with Crippen LogP contribution in [-0.2, 0) is 14.1 Å². The van der Waals surface area contributed by atoms with Crippen molar-refractivity contribution in [2.24, 2.45) is 0 Å². The molecule has 2 aliphatic heterocycles. The topological polar surface area (TPSA) is 67.8 Å². The largest absolute Gasteiger partial charge is 0.498 e. The van der Waals surface area contributed by atoms with E-state index in [4.69, 9.17) is 20.9 Å². The summed E-state index contributed by atoms with van der Waals surface area (Å²) in [6.45, 7) is 9.53. The van der Waals surface area contributed by atoms with E-state index in [9.17, 15) is 4.79 Å². The average molecular weight is 395 g/mol. The molecule has 148 valence electrons. The van der Waals surface area contributed by atoms with E-state index in [0.717, 1.165) is 18.3 Å². The first-order valence-electron chi connectivity index (χ1n) is 9.39. The lowest BCUT2D eigenvalue weighted by Crippen LogP contribution is -2.46. The Morgan fingerprint density at radius 1 is 1.22 bits per heavy atom. The molecule has 0 atom stereocenters. The number of piperidine rings is 1. The lowest BCUT2D eigenvalue weighted by Gasteiger charge is -2.36. The van der Waals surface area contributed by atoms with Crippen LogP contribution in [0.1, 0.15) is 40.5 Å². The fraction of sp³-hybridized carbons (Fsp3) is 0.722. The van der Waals surface area contributed by atoms with E-state index in [1.807, 2.05) is 39.6 Å². The number of nitrogens with zero attached hydrogens (tertiary/aromatic N) is 4. The maximum atomic E-state index is 11.7. The molecule has 0 aliphatic carbocycles. The van der Waals surface area contributed by atoms with Crippen molar-refractivity contribution >= 4 is 36.0 Å². The fourth-order valence-electron chi connectivity index (χ4n) is 3.36. The lowest BCUT2D eigenvalue weighted by atomic mass is 9.81. The Balaban J connectivity index is 1.62. The van der Waals surface area contributed by atoms with E-state index in [1.54, 1.807) is 12.4 Å². The predicted molar refractivity (Wildman–Crippen MR) is 106 cm³/mol. The van der Waals surface area contributed by atoms with Crippen molar-refractivity contribution in [3.05, 3.63) is 12.4 Å². The molecule has 0 bridgehead atoms. The van der Waals surface area contributed by atoms with Crippen molar-refractivity contribution in [2.75, 3.05) is 30.9 Å². The monoisotopic (exact) mass is 394 g/mol. The van der Waals surface area contributed by atoms with Crippen LogP contribution in [-0.4, -0.2) is 71.2 Å². The van der Waals surface area contributed by atoms with Crippen molar-refractivity contribution in [3.8, 4) is 0 Å². The number of rotatable bonds is 4. The predicted octanol–water partition coefficient (Wildman–Crippen LogP) is 1.44. The van der Waals surface area contributed by atoms with Crippen LogP contribution >= 0.6 is 11.6 Å². The number of carbonyl (C=O) groups is 1. The van der Waals surface area contributed by atoms with Gasteiger partial charge in [-0.05, 0) is 40.5 Å². The number of hydrogen-bond acceptors (Lipinski definition) is 6. The quantitative estimate of drug-likeness (QED) is 0.569. The minimum atomic E-state index is -0.459. The van der Waals surface area contributed by atoms with Gasteiger partial charge in [0.1, 0.15) is 5.88 Å². The van der Waals surface area contributed by atoms with Crippen LogP contribution in [0.15, 0.2) is 12.4 Å². The zero-order valence-corrected chi connectivity index (χ0v) is 17.5. The third-order valence-corrected chi connectivity index (χ3v) is 6.21. The van der Waals surface area contributed by atoms with Crippen molar-refractivity contribution < 1.29 is 14.1 Å². The molecule has 9 heteroatoms. The van der Waals surface area contributed by atoms with Crippen LogP contribution < -0.4 is 10.4 Å². The normalized spacial score (nSPS) is 22.1. The molecule has 1 amide bonds. The number of carbonyl (C=O) groups excluding carboxylic acids is 1. The van der Waals surface area contributed by atoms with Gasteiger partial charge in [0.25, 0.3) is 0 Å². The molecule has 0 radical (unpaired) electrons. The van der Waals surface area contributed by atoms with Crippen molar-refractivity contribution in [2.45, 2.75) is 57.8 Å². The summed E-state index contributed by atoms with van der Waals surface area (Å²) in [5.74, 6) is 0.711. The Kier molecular flexibility index (Phi) is 5.70. The molecule has 3 rings (SSSR count). The molecule has 1 aromatic heterocycles. The molecule has 3 heterocycles. The molecule has 0 aromatic carbocycles. The summed E-state index contributed by atoms with van der Waals surface area (Å²) in [6.07, 6.45) is 5.29. The van der Waals surface area contributed by atoms with Crippen LogP contribution in [0.25, 0.3) is 0 Å². The number of hydrogen-bond donors (Lipinski definition) is 0. The van der Waals surface area contributed by atoms with Gasteiger partial charge in [-0.3, -0.25) is 4.79 Å². The number of halogens is 1. The zero-order valence-electron chi connectivity index (χ0n) is 16.7. The third kappa shape index (κ3) is 4.07. The van der Waals surface area contributed by atoms with Crippen molar-refractivity contribution in [1.82, 2.24) is 14.9 Å². The van der Waals surface area contributed by atoms with E-state index in [1.165, 1.54) is 0 Å². The first kappa shape index (κ1) is 20.4. The van der Waals surface area contributed by atoms with Crippen LogP contribution in [0, 0.1) is 0 Å². The first-order valence-corrected chi connectivity index (χ1v) is 9.92. The molecule has 2 aliphatic rings. The SMILES string of the molecule is CN(c1ncc(B2OC(C)(C)C(C)(C)O2)cn1)C1CCN(C(=O)CCl)CC1. The zero-order chi connectivity index (χ0) is 19.8. The average Bonchev–Trinajstić information content (AvgIpc) is 2.88. The Bertz CT molecular complexity index is 662. The van der Waals surface area contributed by atoms with Gasteiger partial charge >= 0.3 is 7.12 Å². The second-order valence-corrected chi connectivity index (χ2v) is 8.53. The number of anilines is 1. The maximum Gasteiger partial charge on any atom is 0.498 e. The molecule has 2 saturated heterocycles. The Morgan fingerprint density at radius 2 is 1.74 bits per heavy atom. The number of amides is 1. The third-order valence-electron chi connectivity index (χ3n) is 5.98. The van der Waals surface area contributed by atoms with E-state index < -0.39 is 7.12 Å². The highest BCUT2D eigenvalue weighted by Crippen LogP contribution is 2.36. The summed E-state index contributed by atoms with van der Waals surface area (Å²) in [4.78, 5) is 24.6. The first-order chi connectivity index (χ1) is 12.6. The molecule has 2 fully saturated rings. The van der Waals surface area contributed by atoms with E-state index >= 15 is 0 Å². The molecule has 1 aromatic rings. The van der Waals surface area contributed by atoms with Gasteiger partial charge in [0.15, 0.2) is 0 Å². The van der Waals surface area contributed by atoms with Gasteiger partial charge in [-0.2, -0.15) is 0 Å². The van der Waals surface area contributed by atoms with Crippen LogP contribution in [0.5, 0.6) is 0 Å². The highest BCUT2D eigenvalue weighted by molar-refractivity contribution is 6.61. The van der Waals surface area contributed by atoms with Gasteiger partial charge in [0, 0.05) is 44.0 Å². The van der Waals surface area contributed by atoms with Gasteiger partial charge in [0.2, 0.25) is 11.9 Å². The number of alkyl halides is 1. The molecular weight excluding hydrogens is 366 g/mol. The minimum Gasteiger partial charge on any atom is -0.399 e. The summed E-state index contributed by atoms with van der Waals surface area (Å²) in [5, 5.41) is 0. The summed E-state index contributed by atoms with van der Waals surface area (Å²) in [7, 11) is 1.53. The molecule has 27 heavy (non-hydrogen) atoms. The summed E-state index contributed by atoms with van der Waals surface area (Å²) < 4.78 is 12.1. The van der Waals surface area contributed by atoms with Crippen molar-refractivity contribution in [3.63, 3.8) is 0 Å². The molecule has 0 unspecified atom stereocenters. The second kappa shape index (κ2) is 7.56. The minimum absolute atomic E-state index is 0.000726. The molecule has 0 spiro atoms. The van der Waals surface area contributed by atoms with Gasteiger partial charge < -0.3 is 19.1 Å². The Hall–Kier alpha value is -1.38. The summed E-state index contributed by atoms with van der Waals surface area (Å²) in [5.41, 5.74) is 0.0386. The second-order valence-electron chi connectivity index (χ2n) is 8.26. The van der Waals surface area contributed by atoms with Gasteiger partial charge in [-0.25, -0.2) is 9.97 Å². The van der Waals surface area contributed by atoms with Gasteiger partial charge in [-0.15, -0.1) is 11.6 Å². The van der Waals surface area contributed by atoms with Crippen LogP contribution in [0.4, 0.5) is 5.95 Å². The van der Waals surface area contributed by atoms with Crippen LogP contribution in [0.2, 0.25) is 0 Å². The van der Waals surface area contributed by atoms with Crippen molar-refractivity contribution in [1.29, 1.82) is 0 Å². The van der Waals surface area contributed by atoms with E-state index in [0.29, 0.717) is 25.1 Å². The highest BCUT2D eigenvalue weighted by Gasteiger charge is 2.52. The van der Waals surface area contributed by atoms with E-state index in [-0.39, 0.29) is 23.0 Å². The summed E-state index contributed by atoms with van der Waals surface area (Å²) >= 11 is 5.64.